The van der Waals surface area contributed by atoms with E-state index in [4.69, 9.17) is 9.47 Å². The van der Waals surface area contributed by atoms with Crippen LogP contribution in [0.5, 0.6) is 5.75 Å². The molecule has 0 saturated carbocycles. The highest BCUT2D eigenvalue weighted by Gasteiger charge is 2.19. The van der Waals surface area contributed by atoms with Crippen molar-refractivity contribution < 1.29 is 9.47 Å². The maximum absolute atomic E-state index is 5.64. The van der Waals surface area contributed by atoms with Crippen molar-refractivity contribution in [2.45, 2.75) is 13.0 Å². The van der Waals surface area contributed by atoms with E-state index in [1.54, 1.807) is 12.4 Å². The van der Waals surface area contributed by atoms with Gasteiger partial charge in [-0.05, 0) is 18.7 Å². The van der Waals surface area contributed by atoms with Gasteiger partial charge in [0.15, 0.2) is 0 Å². The fourth-order valence-corrected chi connectivity index (χ4v) is 1.79. The Hall–Kier alpha value is -1.13. The van der Waals surface area contributed by atoms with Crippen LogP contribution in [-0.4, -0.2) is 48.8 Å². The molecule has 0 aliphatic carbocycles. The minimum absolute atomic E-state index is 0.175. The predicted molar refractivity (Wildman–Crippen MR) is 61.6 cm³/mol. The van der Waals surface area contributed by atoms with Crippen LogP contribution in [0.25, 0.3) is 0 Å². The molecule has 2 rings (SSSR count). The number of aromatic nitrogens is 1. The number of rotatable bonds is 4. The summed E-state index contributed by atoms with van der Waals surface area (Å²) < 4.78 is 11.3. The number of likely N-dealkylation sites (N-methyl/N-ethyl adjacent to an activating group) is 1. The number of hydrogen-bond donors (Lipinski definition) is 0. The fraction of sp³-hybridized carbons (Fsp3) is 0.583. The van der Waals surface area contributed by atoms with Crippen LogP contribution in [0.1, 0.15) is 6.92 Å². The summed E-state index contributed by atoms with van der Waals surface area (Å²) in [6, 6.07) is 3.78. The van der Waals surface area contributed by atoms with Crippen LogP contribution in [0.4, 0.5) is 0 Å². The molecule has 88 valence electrons. The van der Waals surface area contributed by atoms with Crippen molar-refractivity contribution in [2.24, 2.45) is 0 Å². The van der Waals surface area contributed by atoms with Crippen molar-refractivity contribution in [3.8, 4) is 5.75 Å². The third-order valence-electron chi connectivity index (χ3n) is 2.74. The first-order valence-electron chi connectivity index (χ1n) is 5.75. The molecule has 1 aliphatic rings. The van der Waals surface area contributed by atoms with Gasteiger partial charge in [-0.25, -0.2) is 0 Å². The molecule has 1 aromatic heterocycles. The Balaban J connectivity index is 1.77. The van der Waals surface area contributed by atoms with Crippen molar-refractivity contribution >= 4 is 0 Å². The largest absolute Gasteiger partial charge is 0.489 e. The Kier molecular flexibility index (Phi) is 4.13. The zero-order valence-electron chi connectivity index (χ0n) is 9.63. The first-order valence-corrected chi connectivity index (χ1v) is 5.75. The monoisotopic (exact) mass is 222 g/mol. The molecule has 1 aromatic rings. The highest BCUT2D eigenvalue weighted by Crippen LogP contribution is 2.10. The highest BCUT2D eigenvalue weighted by molar-refractivity contribution is 5.15. The van der Waals surface area contributed by atoms with E-state index in [1.807, 2.05) is 12.1 Å². The minimum Gasteiger partial charge on any atom is -0.489 e. The van der Waals surface area contributed by atoms with Crippen molar-refractivity contribution in [2.75, 3.05) is 32.8 Å². The van der Waals surface area contributed by atoms with Gasteiger partial charge in [0.05, 0.1) is 12.8 Å². The Morgan fingerprint density at radius 2 is 2.56 bits per heavy atom. The number of ether oxygens (including phenoxy) is 2. The van der Waals surface area contributed by atoms with Gasteiger partial charge in [-0.3, -0.25) is 9.88 Å². The maximum Gasteiger partial charge on any atom is 0.137 e. The molecule has 2 heterocycles. The first-order chi connectivity index (χ1) is 7.88. The molecule has 1 saturated heterocycles. The second kappa shape index (κ2) is 5.82. The SMILES string of the molecule is CCN1CCOC(COc2cccnc2)C1. The van der Waals surface area contributed by atoms with E-state index in [-0.39, 0.29) is 6.10 Å². The fourth-order valence-electron chi connectivity index (χ4n) is 1.79. The normalized spacial score (nSPS) is 21.9. The van der Waals surface area contributed by atoms with Crippen LogP contribution < -0.4 is 4.74 Å². The molecule has 0 bridgehead atoms. The Morgan fingerprint density at radius 3 is 3.31 bits per heavy atom. The van der Waals surface area contributed by atoms with Crippen molar-refractivity contribution in [3.63, 3.8) is 0 Å². The summed E-state index contributed by atoms with van der Waals surface area (Å²) in [5.41, 5.74) is 0. The summed E-state index contributed by atoms with van der Waals surface area (Å²) in [5.74, 6) is 0.805. The predicted octanol–water partition coefficient (Wildman–Crippen LogP) is 1.18. The van der Waals surface area contributed by atoms with Crippen molar-refractivity contribution in [3.05, 3.63) is 24.5 Å². The maximum atomic E-state index is 5.64. The average Bonchev–Trinajstić information content (AvgIpc) is 2.38. The lowest BCUT2D eigenvalue weighted by Crippen LogP contribution is -2.44. The molecule has 1 atom stereocenters. The molecule has 1 fully saturated rings. The first kappa shape index (κ1) is 11.4. The Morgan fingerprint density at radius 1 is 1.62 bits per heavy atom. The summed E-state index contributed by atoms with van der Waals surface area (Å²) >= 11 is 0. The molecular weight excluding hydrogens is 204 g/mol. The molecule has 4 nitrogen and oxygen atoms in total. The second-order valence-corrected chi connectivity index (χ2v) is 3.89. The van der Waals surface area contributed by atoms with Gasteiger partial charge in [-0.2, -0.15) is 0 Å². The van der Waals surface area contributed by atoms with Crippen LogP contribution in [-0.2, 0) is 4.74 Å². The quantitative estimate of drug-likeness (QED) is 0.766. The average molecular weight is 222 g/mol. The topological polar surface area (TPSA) is 34.6 Å². The van der Waals surface area contributed by atoms with Crippen LogP contribution in [0.3, 0.4) is 0 Å². The van der Waals surface area contributed by atoms with E-state index in [9.17, 15) is 0 Å². The number of pyridine rings is 1. The molecule has 4 heteroatoms. The molecule has 16 heavy (non-hydrogen) atoms. The van der Waals surface area contributed by atoms with Crippen LogP contribution in [0.15, 0.2) is 24.5 Å². The van der Waals surface area contributed by atoms with E-state index >= 15 is 0 Å². The summed E-state index contributed by atoms with van der Waals surface area (Å²) in [7, 11) is 0. The minimum atomic E-state index is 0.175. The van der Waals surface area contributed by atoms with Crippen LogP contribution in [0, 0.1) is 0 Å². The molecule has 0 N–H and O–H groups in total. The van der Waals surface area contributed by atoms with Crippen LogP contribution >= 0.6 is 0 Å². The van der Waals surface area contributed by atoms with Gasteiger partial charge in [0.25, 0.3) is 0 Å². The molecule has 1 unspecified atom stereocenters. The molecule has 0 amide bonds. The number of nitrogens with zero attached hydrogens (tertiary/aromatic N) is 2. The van der Waals surface area contributed by atoms with Crippen LogP contribution in [0.2, 0.25) is 0 Å². The van der Waals surface area contributed by atoms with Crippen molar-refractivity contribution in [1.29, 1.82) is 0 Å². The Bertz CT molecular complexity index is 305. The lowest BCUT2D eigenvalue weighted by Gasteiger charge is -2.31. The molecular formula is C12H18N2O2. The van der Waals surface area contributed by atoms with E-state index in [0.717, 1.165) is 32.0 Å². The van der Waals surface area contributed by atoms with E-state index in [1.165, 1.54) is 0 Å². The van der Waals surface area contributed by atoms with Gasteiger partial charge < -0.3 is 9.47 Å². The standard InChI is InChI=1S/C12H18N2O2/c1-2-14-6-7-15-12(9-14)10-16-11-4-3-5-13-8-11/h3-5,8,12H,2,6-7,9-10H2,1H3. The van der Waals surface area contributed by atoms with Gasteiger partial charge in [0, 0.05) is 19.3 Å². The van der Waals surface area contributed by atoms with Gasteiger partial charge in [0.1, 0.15) is 18.5 Å². The zero-order chi connectivity index (χ0) is 11.2. The van der Waals surface area contributed by atoms with Gasteiger partial charge >= 0.3 is 0 Å². The smallest absolute Gasteiger partial charge is 0.137 e. The highest BCUT2D eigenvalue weighted by atomic mass is 16.5. The summed E-state index contributed by atoms with van der Waals surface area (Å²) in [6.45, 7) is 6.63. The summed E-state index contributed by atoms with van der Waals surface area (Å²) in [5, 5.41) is 0. The van der Waals surface area contributed by atoms with Gasteiger partial charge in [0.2, 0.25) is 0 Å². The Labute approximate surface area is 96.2 Å². The van der Waals surface area contributed by atoms with Gasteiger partial charge in [-0.1, -0.05) is 6.92 Å². The van der Waals surface area contributed by atoms with E-state index < -0.39 is 0 Å². The summed E-state index contributed by atoms with van der Waals surface area (Å²) in [4.78, 5) is 6.38. The number of hydrogen-bond acceptors (Lipinski definition) is 4. The molecule has 0 spiro atoms. The third-order valence-corrected chi connectivity index (χ3v) is 2.74. The molecule has 0 radical (unpaired) electrons. The van der Waals surface area contributed by atoms with E-state index in [2.05, 4.69) is 16.8 Å². The second-order valence-electron chi connectivity index (χ2n) is 3.89. The molecule has 0 aromatic carbocycles. The van der Waals surface area contributed by atoms with Crippen molar-refractivity contribution in [1.82, 2.24) is 9.88 Å². The molecule has 1 aliphatic heterocycles. The number of morpholine rings is 1. The third kappa shape index (κ3) is 3.18. The van der Waals surface area contributed by atoms with E-state index in [0.29, 0.717) is 6.61 Å². The lowest BCUT2D eigenvalue weighted by molar-refractivity contribution is -0.0464. The lowest BCUT2D eigenvalue weighted by atomic mass is 10.3. The zero-order valence-corrected chi connectivity index (χ0v) is 9.63. The summed E-state index contributed by atoms with van der Waals surface area (Å²) in [6.07, 6.45) is 3.64. The van der Waals surface area contributed by atoms with Gasteiger partial charge in [-0.15, -0.1) is 0 Å².